The van der Waals surface area contributed by atoms with E-state index in [0.717, 1.165) is 28.9 Å². The third kappa shape index (κ3) is 2.97. The van der Waals surface area contributed by atoms with Crippen LogP contribution >= 0.6 is 23.5 Å². The van der Waals surface area contributed by atoms with Gasteiger partial charge in [-0.25, -0.2) is 0 Å². The molecule has 0 unspecified atom stereocenters. The largest absolute Gasteiger partial charge is 0.298 e. The van der Waals surface area contributed by atoms with Crippen LogP contribution in [0.2, 0.25) is 0 Å². The maximum atomic E-state index is 10.9. The van der Waals surface area contributed by atoms with Crippen molar-refractivity contribution in [1.29, 1.82) is 0 Å². The van der Waals surface area contributed by atoms with Crippen molar-refractivity contribution in [2.24, 2.45) is 5.92 Å². The van der Waals surface area contributed by atoms with Crippen LogP contribution in [-0.4, -0.2) is 28.8 Å². The smallest absolute Gasteiger partial charge is 0.152 e. The van der Waals surface area contributed by atoms with Crippen molar-refractivity contribution < 1.29 is 4.79 Å². The highest BCUT2D eigenvalue weighted by molar-refractivity contribution is 8.02. The number of hydrogen-bond donors (Lipinski definition) is 0. The van der Waals surface area contributed by atoms with Crippen molar-refractivity contribution in [3.8, 4) is 0 Å². The van der Waals surface area contributed by atoms with Crippen LogP contribution in [0.3, 0.4) is 0 Å². The lowest BCUT2D eigenvalue weighted by atomic mass is 10.3. The third-order valence-corrected chi connectivity index (χ3v) is 3.99. The van der Waals surface area contributed by atoms with Crippen LogP contribution in [0.15, 0.2) is 0 Å². The second-order valence-electron chi connectivity index (χ2n) is 2.67. The molecule has 1 saturated heterocycles. The SMILES string of the molecule is CC1CSCC(=O)CSC1. The van der Waals surface area contributed by atoms with Gasteiger partial charge in [0.25, 0.3) is 0 Å². The van der Waals surface area contributed by atoms with E-state index in [-0.39, 0.29) is 0 Å². The normalized spacial score (nSPS) is 23.9. The van der Waals surface area contributed by atoms with Gasteiger partial charge < -0.3 is 0 Å². The minimum absolute atomic E-state index is 0.405. The molecule has 1 aliphatic heterocycles. The molecular weight excluding hydrogens is 164 g/mol. The van der Waals surface area contributed by atoms with Gasteiger partial charge in [-0.05, 0) is 17.4 Å². The number of carbonyl (C=O) groups excluding carboxylic acids is 1. The zero-order valence-electron chi connectivity index (χ0n) is 6.13. The van der Waals surface area contributed by atoms with Crippen LogP contribution in [0.25, 0.3) is 0 Å². The molecule has 3 heteroatoms. The van der Waals surface area contributed by atoms with Crippen LogP contribution in [-0.2, 0) is 4.79 Å². The third-order valence-electron chi connectivity index (χ3n) is 1.33. The summed E-state index contributed by atoms with van der Waals surface area (Å²) in [6.45, 7) is 2.25. The predicted octanol–water partition coefficient (Wildman–Crippen LogP) is 1.67. The molecule has 0 saturated carbocycles. The topological polar surface area (TPSA) is 17.1 Å². The molecule has 0 N–H and O–H groups in total. The molecule has 0 atom stereocenters. The number of Topliss-reactive ketones (excluding diaryl/α,β-unsaturated/α-hetero) is 1. The van der Waals surface area contributed by atoms with Crippen molar-refractivity contribution >= 4 is 29.3 Å². The first-order valence-electron chi connectivity index (χ1n) is 3.46. The molecule has 1 aliphatic rings. The highest BCUT2D eigenvalue weighted by atomic mass is 32.2. The molecule has 1 heterocycles. The van der Waals surface area contributed by atoms with E-state index in [1.165, 1.54) is 0 Å². The van der Waals surface area contributed by atoms with Gasteiger partial charge in [0.2, 0.25) is 0 Å². The first-order chi connectivity index (χ1) is 4.79. The molecule has 10 heavy (non-hydrogen) atoms. The van der Waals surface area contributed by atoms with E-state index in [0.29, 0.717) is 5.78 Å². The summed E-state index contributed by atoms with van der Waals surface area (Å²) in [7, 11) is 0. The summed E-state index contributed by atoms with van der Waals surface area (Å²) < 4.78 is 0. The van der Waals surface area contributed by atoms with Gasteiger partial charge in [0.05, 0.1) is 11.5 Å². The number of thioether (sulfide) groups is 2. The number of carbonyl (C=O) groups is 1. The van der Waals surface area contributed by atoms with Crippen molar-refractivity contribution in [3.63, 3.8) is 0 Å². The van der Waals surface area contributed by atoms with E-state index in [1.54, 1.807) is 23.5 Å². The van der Waals surface area contributed by atoms with Crippen molar-refractivity contribution in [2.45, 2.75) is 6.92 Å². The minimum atomic E-state index is 0.405. The van der Waals surface area contributed by atoms with Gasteiger partial charge >= 0.3 is 0 Å². The summed E-state index contributed by atoms with van der Waals surface area (Å²) in [6.07, 6.45) is 0. The average molecular weight is 176 g/mol. The summed E-state index contributed by atoms with van der Waals surface area (Å²) in [6, 6.07) is 0. The number of ketones is 1. The second-order valence-corrected chi connectivity index (χ2v) is 4.73. The van der Waals surface area contributed by atoms with Gasteiger partial charge in [-0.3, -0.25) is 4.79 Å². The van der Waals surface area contributed by atoms with Crippen LogP contribution in [0.4, 0.5) is 0 Å². The lowest BCUT2D eigenvalue weighted by Crippen LogP contribution is -2.13. The molecule has 0 aromatic rings. The number of hydrogen-bond acceptors (Lipinski definition) is 3. The summed E-state index contributed by atoms with van der Waals surface area (Å²) in [4.78, 5) is 10.9. The lowest BCUT2D eigenvalue weighted by Gasteiger charge is -2.13. The molecule has 58 valence electrons. The highest BCUT2D eigenvalue weighted by Crippen LogP contribution is 2.18. The highest BCUT2D eigenvalue weighted by Gasteiger charge is 2.10. The zero-order chi connectivity index (χ0) is 7.40. The summed E-state index contributed by atoms with van der Waals surface area (Å²) in [5.74, 6) is 4.96. The molecule has 0 radical (unpaired) electrons. The van der Waals surface area contributed by atoms with Crippen molar-refractivity contribution in [3.05, 3.63) is 0 Å². The van der Waals surface area contributed by atoms with E-state index >= 15 is 0 Å². The van der Waals surface area contributed by atoms with Crippen LogP contribution < -0.4 is 0 Å². The Labute approximate surface area is 70.3 Å². The first-order valence-corrected chi connectivity index (χ1v) is 5.77. The van der Waals surface area contributed by atoms with Gasteiger partial charge in [-0.2, -0.15) is 23.5 Å². The summed E-state index contributed by atoms with van der Waals surface area (Å²) >= 11 is 3.56. The van der Waals surface area contributed by atoms with Crippen molar-refractivity contribution in [2.75, 3.05) is 23.0 Å². The molecule has 0 spiro atoms. The first kappa shape index (κ1) is 8.47. The Kier molecular flexibility index (Phi) is 3.63. The molecule has 0 amide bonds. The monoisotopic (exact) mass is 176 g/mol. The molecular formula is C7H12OS2. The molecule has 0 aliphatic carbocycles. The van der Waals surface area contributed by atoms with Gasteiger partial charge in [0, 0.05) is 0 Å². The second kappa shape index (κ2) is 4.29. The fourth-order valence-electron chi connectivity index (χ4n) is 0.838. The van der Waals surface area contributed by atoms with E-state index in [1.807, 2.05) is 0 Å². The number of rotatable bonds is 0. The molecule has 1 nitrogen and oxygen atoms in total. The van der Waals surface area contributed by atoms with Crippen LogP contribution in [0.1, 0.15) is 6.92 Å². The van der Waals surface area contributed by atoms with Crippen molar-refractivity contribution in [1.82, 2.24) is 0 Å². The van der Waals surface area contributed by atoms with Gasteiger partial charge in [0.15, 0.2) is 5.78 Å². The summed E-state index contributed by atoms with van der Waals surface area (Å²) in [5, 5.41) is 0. The Morgan fingerprint density at radius 2 is 1.80 bits per heavy atom. The predicted molar refractivity (Wildman–Crippen MR) is 48.8 cm³/mol. The average Bonchev–Trinajstić information content (AvgIpc) is 1.84. The Hall–Kier alpha value is 0.370. The minimum Gasteiger partial charge on any atom is -0.298 e. The lowest BCUT2D eigenvalue weighted by molar-refractivity contribution is -0.114. The fourth-order valence-corrected chi connectivity index (χ4v) is 3.05. The molecule has 0 aromatic heterocycles. The molecule has 0 bridgehead atoms. The zero-order valence-corrected chi connectivity index (χ0v) is 7.76. The van der Waals surface area contributed by atoms with Gasteiger partial charge in [-0.1, -0.05) is 6.92 Å². The van der Waals surface area contributed by atoms with E-state index in [4.69, 9.17) is 0 Å². The molecule has 1 fully saturated rings. The maximum Gasteiger partial charge on any atom is 0.152 e. The Balaban J connectivity index is 2.27. The molecule has 0 aromatic carbocycles. The summed E-state index contributed by atoms with van der Waals surface area (Å²) in [5.41, 5.74) is 0. The maximum absolute atomic E-state index is 10.9. The van der Waals surface area contributed by atoms with E-state index in [9.17, 15) is 4.79 Å². The quantitative estimate of drug-likeness (QED) is 0.559. The van der Waals surface area contributed by atoms with E-state index in [2.05, 4.69) is 6.92 Å². The van der Waals surface area contributed by atoms with E-state index < -0.39 is 0 Å². The van der Waals surface area contributed by atoms with Crippen LogP contribution in [0, 0.1) is 5.92 Å². The molecule has 1 rings (SSSR count). The van der Waals surface area contributed by atoms with Gasteiger partial charge in [-0.15, -0.1) is 0 Å². The Morgan fingerprint density at radius 1 is 1.30 bits per heavy atom. The fraction of sp³-hybridized carbons (Fsp3) is 0.857. The standard InChI is InChI=1S/C7H12OS2/c1-6-2-9-4-7(8)5-10-3-6/h6H,2-5H2,1H3. The Morgan fingerprint density at radius 3 is 2.30 bits per heavy atom. The van der Waals surface area contributed by atoms with Crippen LogP contribution in [0.5, 0.6) is 0 Å². The Bertz CT molecular complexity index is 113. The van der Waals surface area contributed by atoms with Gasteiger partial charge in [0.1, 0.15) is 0 Å².